The summed E-state index contributed by atoms with van der Waals surface area (Å²) in [5.41, 5.74) is 0.702. The second kappa shape index (κ2) is 9.98. The second-order valence-electron chi connectivity index (χ2n) is 11.5. The molecule has 2 saturated carbocycles. The predicted octanol–water partition coefficient (Wildman–Crippen LogP) is 3.93. The maximum absolute atomic E-state index is 14.4. The van der Waals surface area contributed by atoms with Crippen LogP contribution in [0.25, 0.3) is 0 Å². The molecule has 3 fully saturated rings. The van der Waals surface area contributed by atoms with Gasteiger partial charge in [-0.2, -0.15) is 12.7 Å². The monoisotopic (exact) mass is 563 g/mol. The highest BCUT2D eigenvalue weighted by molar-refractivity contribution is 7.89. The number of rotatable bonds is 10. The van der Waals surface area contributed by atoms with E-state index >= 15 is 0 Å². The van der Waals surface area contributed by atoms with E-state index in [9.17, 15) is 16.8 Å². The molecule has 0 unspecified atom stereocenters. The lowest BCUT2D eigenvalue weighted by Gasteiger charge is -2.47. The Morgan fingerprint density at radius 3 is 2.05 bits per heavy atom. The van der Waals surface area contributed by atoms with Gasteiger partial charge in [-0.1, -0.05) is 74.5 Å². The van der Waals surface area contributed by atoms with E-state index in [1.54, 1.807) is 4.31 Å². The molecule has 4 atom stereocenters. The second-order valence-corrected chi connectivity index (χ2v) is 15.1. The molecule has 5 rings (SSSR count). The van der Waals surface area contributed by atoms with Crippen LogP contribution in [-0.2, 0) is 46.9 Å². The van der Waals surface area contributed by atoms with E-state index < -0.39 is 37.4 Å². The van der Waals surface area contributed by atoms with Crippen LogP contribution in [0.15, 0.2) is 60.7 Å². The van der Waals surface area contributed by atoms with E-state index in [-0.39, 0.29) is 43.4 Å². The number of sulfonamides is 1. The van der Waals surface area contributed by atoms with E-state index in [4.69, 9.17) is 13.7 Å². The van der Waals surface area contributed by atoms with E-state index in [2.05, 4.69) is 13.8 Å². The van der Waals surface area contributed by atoms with Gasteiger partial charge in [0.05, 0.1) is 25.2 Å². The lowest BCUT2D eigenvalue weighted by Crippen LogP contribution is -2.56. The van der Waals surface area contributed by atoms with E-state index in [0.29, 0.717) is 12.8 Å². The van der Waals surface area contributed by atoms with Gasteiger partial charge in [-0.05, 0) is 35.3 Å². The Morgan fingerprint density at radius 1 is 0.947 bits per heavy atom. The zero-order chi connectivity index (χ0) is 27.2. The minimum Gasteiger partial charge on any atom is -0.346 e. The standard InChI is InChI=1S/C28H37NO7S2/c1-26(2)24-14-15-27(26,28(16-24)34-19-25(36-28)20-35-37(3,30)31)21-38(32,33)29(17-22-10-6-4-7-11-22)18-23-12-8-5-9-13-23/h4-13,24-25H,14-21H2,1-3H3/t24-,25+,27+,28+/m0/s1. The van der Waals surface area contributed by atoms with Crippen molar-refractivity contribution in [3.63, 3.8) is 0 Å². The molecule has 38 heavy (non-hydrogen) atoms. The van der Waals surface area contributed by atoms with Gasteiger partial charge in [-0.25, -0.2) is 8.42 Å². The molecule has 2 aromatic carbocycles. The Hall–Kier alpha value is -1.82. The average Bonchev–Trinajstić information content (AvgIpc) is 3.43. The minimum atomic E-state index is -3.79. The molecular weight excluding hydrogens is 526 g/mol. The van der Waals surface area contributed by atoms with Crippen LogP contribution in [0, 0.1) is 16.7 Å². The maximum atomic E-state index is 14.4. The smallest absolute Gasteiger partial charge is 0.264 e. The van der Waals surface area contributed by atoms with Crippen molar-refractivity contribution in [2.45, 2.75) is 58.1 Å². The summed E-state index contributed by atoms with van der Waals surface area (Å²) in [4.78, 5) is 0. The van der Waals surface area contributed by atoms with Crippen LogP contribution < -0.4 is 0 Å². The van der Waals surface area contributed by atoms with Gasteiger partial charge in [-0.3, -0.25) is 4.18 Å². The summed E-state index contributed by atoms with van der Waals surface area (Å²) in [5.74, 6) is -0.963. The highest BCUT2D eigenvalue weighted by atomic mass is 32.2. The molecule has 2 bridgehead atoms. The van der Waals surface area contributed by atoms with E-state index in [1.807, 2.05) is 60.7 Å². The first-order valence-corrected chi connectivity index (χ1v) is 16.5. The van der Waals surface area contributed by atoms with Crippen molar-refractivity contribution in [2.75, 3.05) is 25.2 Å². The van der Waals surface area contributed by atoms with Crippen LogP contribution in [0.1, 0.15) is 44.2 Å². The average molecular weight is 564 g/mol. The van der Waals surface area contributed by atoms with E-state index in [1.165, 1.54) is 0 Å². The van der Waals surface area contributed by atoms with Gasteiger partial charge in [0.1, 0.15) is 6.10 Å². The van der Waals surface area contributed by atoms with Crippen molar-refractivity contribution >= 4 is 20.1 Å². The maximum Gasteiger partial charge on any atom is 0.264 e. The number of benzene rings is 2. The molecule has 0 amide bonds. The Morgan fingerprint density at radius 2 is 1.53 bits per heavy atom. The topological polar surface area (TPSA) is 99.2 Å². The van der Waals surface area contributed by atoms with Crippen LogP contribution in [-0.4, -0.2) is 58.3 Å². The zero-order valence-corrected chi connectivity index (χ0v) is 23.8. The molecule has 0 radical (unpaired) electrons. The molecule has 1 saturated heterocycles. The third kappa shape index (κ3) is 5.07. The van der Waals surface area contributed by atoms with Crippen LogP contribution >= 0.6 is 0 Å². The molecule has 8 nitrogen and oxygen atoms in total. The fraction of sp³-hybridized carbons (Fsp3) is 0.571. The Kier molecular flexibility index (Phi) is 7.28. The fourth-order valence-corrected chi connectivity index (χ4v) is 9.49. The molecule has 10 heteroatoms. The van der Waals surface area contributed by atoms with Gasteiger partial charge in [0.15, 0.2) is 5.79 Å². The zero-order valence-electron chi connectivity index (χ0n) is 22.2. The number of hydrogen-bond donors (Lipinski definition) is 0. The first kappa shape index (κ1) is 27.7. The normalized spacial score (nSPS) is 30.4. The first-order chi connectivity index (χ1) is 17.9. The number of fused-ring (bicyclic) bond motifs is 3. The summed E-state index contributed by atoms with van der Waals surface area (Å²) < 4.78 is 71.2. The summed E-state index contributed by atoms with van der Waals surface area (Å²) in [6.45, 7) is 4.79. The highest BCUT2D eigenvalue weighted by Crippen LogP contribution is 2.72. The van der Waals surface area contributed by atoms with Gasteiger partial charge >= 0.3 is 0 Å². The summed E-state index contributed by atoms with van der Waals surface area (Å²) >= 11 is 0. The summed E-state index contributed by atoms with van der Waals surface area (Å²) in [5, 5.41) is 0. The van der Waals surface area contributed by atoms with Crippen molar-refractivity contribution in [2.24, 2.45) is 16.7 Å². The molecule has 1 aliphatic heterocycles. The van der Waals surface area contributed by atoms with E-state index in [0.717, 1.165) is 23.8 Å². The van der Waals surface area contributed by atoms with Crippen LogP contribution in [0.4, 0.5) is 0 Å². The largest absolute Gasteiger partial charge is 0.346 e. The molecule has 0 N–H and O–H groups in total. The molecule has 2 aromatic rings. The molecule has 1 heterocycles. The molecule has 1 spiro atoms. The molecule has 2 aliphatic carbocycles. The first-order valence-electron chi connectivity index (χ1n) is 13.1. The third-order valence-electron chi connectivity index (χ3n) is 8.97. The van der Waals surface area contributed by atoms with Crippen molar-refractivity contribution in [1.29, 1.82) is 0 Å². The Labute approximate surface area is 226 Å². The van der Waals surface area contributed by atoms with Gasteiger partial charge in [0, 0.05) is 24.9 Å². The quantitative estimate of drug-likeness (QED) is 0.404. The van der Waals surface area contributed by atoms with Crippen molar-refractivity contribution in [3.8, 4) is 0 Å². The molecule has 0 aromatic heterocycles. The van der Waals surface area contributed by atoms with Gasteiger partial charge in [-0.15, -0.1) is 0 Å². The van der Waals surface area contributed by atoms with Crippen LogP contribution in [0.3, 0.4) is 0 Å². The number of hydrogen-bond acceptors (Lipinski definition) is 7. The lowest BCUT2D eigenvalue weighted by molar-refractivity contribution is -0.244. The number of ether oxygens (including phenoxy) is 2. The summed E-state index contributed by atoms with van der Waals surface area (Å²) in [6.07, 6.45) is 2.57. The predicted molar refractivity (Wildman–Crippen MR) is 144 cm³/mol. The lowest BCUT2D eigenvalue weighted by atomic mass is 9.68. The summed E-state index contributed by atoms with van der Waals surface area (Å²) in [7, 11) is -7.42. The highest BCUT2D eigenvalue weighted by Gasteiger charge is 2.75. The molecule has 3 aliphatic rings. The SMILES string of the molecule is CC1(C)[C@H]2CC[C@]1(CS(=O)(=O)N(Cc1ccccc1)Cc1ccccc1)[C@]1(C2)OC[C@H](COS(C)(=O)=O)O1. The molecular formula is C28H37NO7S2. The Bertz CT molecular complexity index is 1310. The number of nitrogens with zero attached hydrogens (tertiary/aromatic N) is 1. The van der Waals surface area contributed by atoms with Gasteiger partial charge in [0.25, 0.3) is 10.1 Å². The van der Waals surface area contributed by atoms with Gasteiger partial charge in [0.2, 0.25) is 10.0 Å². The molecule has 208 valence electrons. The minimum absolute atomic E-state index is 0.108. The van der Waals surface area contributed by atoms with Crippen molar-refractivity contribution in [1.82, 2.24) is 4.31 Å². The van der Waals surface area contributed by atoms with Crippen LogP contribution in [0.5, 0.6) is 0 Å². The van der Waals surface area contributed by atoms with Crippen molar-refractivity contribution in [3.05, 3.63) is 71.8 Å². The van der Waals surface area contributed by atoms with Gasteiger partial charge < -0.3 is 9.47 Å². The third-order valence-corrected chi connectivity index (χ3v) is 11.4. The fourth-order valence-electron chi connectivity index (χ4n) is 6.85. The van der Waals surface area contributed by atoms with Crippen molar-refractivity contribution < 1.29 is 30.5 Å². The van der Waals surface area contributed by atoms with Crippen LogP contribution in [0.2, 0.25) is 0 Å². The Balaban J connectivity index is 1.46. The summed E-state index contributed by atoms with van der Waals surface area (Å²) in [6, 6.07) is 19.2.